The second-order valence-electron chi connectivity index (χ2n) is 8.89. The minimum absolute atomic E-state index is 0.0335. The van der Waals surface area contributed by atoms with E-state index in [1.54, 1.807) is 0 Å². The molecule has 0 radical (unpaired) electrons. The Morgan fingerprint density at radius 3 is 2.59 bits per heavy atom. The second-order valence-corrected chi connectivity index (χ2v) is 8.89. The first-order valence-corrected chi connectivity index (χ1v) is 11.4. The molecule has 5 heteroatoms. The van der Waals surface area contributed by atoms with Gasteiger partial charge in [-0.25, -0.2) is 0 Å². The van der Waals surface area contributed by atoms with Crippen molar-refractivity contribution in [3.05, 3.63) is 82.7 Å². The van der Waals surface area contributed by atoms with Crippen LogP contribution in [0.4, 0.5) is 0 Å². The molecule has 1 unspecified atom stereocenters. The molecule has 0 spiro atoms. The zero-order chi connectivity index (χ0) is 23.6. The molecule has 174 valence electrons. The number of allylic oxidation sites excluding steroid dienone is 1. The summed E-state index contributed by atoms with van der Waals surface area (Å²) in [6.45, 7) is 9.02. The quantitative estimate of drug-likeness (QED) is 0.323. The number of aryl methyl sites for hydroxylation is 1. The van der Waals surface area contributed by atoms with Crippen molar-refractivity contribution in [1.29, 1.82) is 0 Å². The topological polar surface area (TPSA) is 84.6 Å². The Bertz CT molecular complexity index is 891. The van der Waals surface area contributed by atoms with Gasteiger partial charge >= 0.3 is 5.97 Å². The average Bonchev–Trinajstić information content (AvgIpc) is 2.79. The Morgan fingerprint density at radius 2 is 1.94 bits per heavy atom. The minimum Gasteiger partial charge on any atom is -0.460 e. The van der Waals surface area contributed by atoms with E-state index in [0.29, 0.717) is 12.8 Å². The van der Waals surface area contributed by atoms with Gasteiger partial charge in [-0.3, -0.25) is 4.79 Å². The summed E-state index contributed by atoms with van der Waals surface area (Å²) in [7, 11) is 0. The van der Waals surface area contributed by atoms with Gasteiger partial charge in [-0.05, 0) is 68.2 Å². The highest BCUT2D eigenvalue weighted by molar-refractivity contribution is 5.77. The summed E-state index contributed by atoms with van der Waals surface area (Å²) < 4.78 is 5.72. The highest BCUT2D eigenvalue weighted by Gasteiger charge is 2.39. The number of carbonyl (C=O) groups excluding carboxylic acids is 1. The normalized spacial score (nSPS) is 13.0. The number of ether oxygens (including phenoxy) is 1. The van der Waals surface area contributed by atoms with E-state index in [1.807, 2.05) is 75.5 Å². The summed E-state index contributed by atoms with van der Waals surface area (Å²) in [6, 6.07) is 15.7. The van der Waals surface area contributed by atoms with Gasteiger partial charge in [0.1, 0.15) is 6.61 Å². The van der Waals surface area contributed by atoms with Crippen LogP contribution in [-0.2, 0) is 22.7 Å². The van der Waals surface area contributed by atoms with Gasteiger partial charge in [-0.2, -0.15) is 0 Å². The van der Waals surface area contributed by atoms with E-state index < -0.39 is 5.41 Å². The summed E-state index contributed by atoms with van der Waals surface area (Å²) in [5.74, 6) is -0.362. The summed E-state index contributed by atoms with van der Waals surface area (Å²) >= 11 is 0. The molecule has 0 aliphatic carbocycles. The lowest BCUT2D eigenvalue weighted by atomic mass is 9.72. The SMILES string of the molecule is CCCN/C=C(\N)CCC(c1ccc(C)c(CO)c1)C(C)(C)C(=O)OCc1ccccc1. The van der Waals surface area contributed by atoms with Crippen LogP contribution in [0.15, 0.2) is 60.4 Å². The Hall–Kier alpha value is -2.79. The second kappa shape index (κ2) is 12.3. The molecular weight excluding hydrogens is 400 g/mol. The highest BCUT2D eigenvalue weighted by Crippen LogP contribution is 2.41. The molecule has 2 aromatic carbocycles. The van der Waals surface area contributed by atoms with Crippen molar-refractivity contribution in [2.45, 2.75) is 66.1 Å². The molecular formula is C27H38N2O3. The van der Waals surface area contributed by atoms with E-state index in [1.165, 1.54) is 0 Å². The largest absolute Gasteiger partial charge is 0.460 e. The van der Waals surface area contributed by atoms with Crippen LogP contribution in [0.5, 0.6) is 0 Å². The number of aliphatic hydroxyl groups is 1. The molecule has 1 atom stereocenters. The van der Waals surface area contributed by atoms with E-state index in [-0.39, 0.29) is 25.1 Å². The number of rotatable bonds is 12. The lowest BCUT2D eigenvalue weighted by Gasteiger charge is -2.33. The molecule has 32 heavy (non-hydrogen) atoms. The molecule has 2 aromatic rings. The van der Waals surface area contributed by atoms with Gasteiger partial charge in [0.2, 0.25) is 0 Å². The number of nitrogens with two attached hydrogens (primary N) is 1. The van der Waals surface area contributed by atoms with Crippen LogP contribution in [0.2, 0.25) is 0 Å². The standard InChI is InChI=1S/C27H38N2O3/c1-5-15-29-17-24(28)13-14-25(22-12-11-20(2)23(16-22)18-30)27(3,4)26(31)32-19-21-9-7-6-8-10-21/h6-12,16-17,25,29-30H,5,13-15,18-19,28H2,1-4H3/b24-17-. The average molecular weight is 439 g/mol. The van der Waals surface area contributed by atoms with Crippen LogP contribution < -0.4 is 11.1 Å². The third kappa shape index (κ3) is 7.13. The first kappa shape index (κ1) is 25.5. The van der Waals surface area contributed by atoms with Gasteiger partial charge in [-0.15, -0.1) is 0 Å². The molecule has 0 fully saturated rings. The lowest BCUT2D eigenvalue weighted by molar-refractivity contribution is -0.156. The van der Waals surface area contributed by atoms with Crippen molar-refractivity contribution in [2.24, 2.45) is 11.1 Å². The van der Waals surface area contributed by atoms with E-state index in [4.69, 9.17) is 10.5 Å². The Balaban J connectivity index is 2.24. The molecule has 2 rings (SSSR count). The molecule has 0 saturated carbocycles. The maximum atomic E-state index is 13.2. The van der Waals surface area contributed by atoms with E-state index in [2.05, 4.69) is 12.2 Å². The number of aliphatic hydroxyl groups excluding tert-OH is 1. The van der Waals surface area contributed by atoms with Crippen molar-refractivity contribution >= 4 is 5.97 Å². The van der Waals surface area contributed by atoms with Crippen LogP contribution in [0.25, 0.3) is 0 Å². The maximum Gasteiger partial charge on any atom is 0.312 e. The predicted octanol–water partition coefficient (Wildman–Crippen LogP) is 4.92. The maximum absolute atomic E-state index is 13.2. The lowest BCUT2D eigenvalue weighted by Crippen LogP contribution is -2.33. The van der Waals surface area contributed by atoms with Crippen molar-refractivity contribution in [3.63, 3.8) is 0 Å². The number of hydrogen-bond donors (Lipinski definition) is 3. The summed E-state index contributed by atoms with van der Waals surface area (Å²) in [5, 5.41) is 13.0. The Labute approximate surface area is 192 Å². The monoisotopic (exact) mass is 438 g/mol. The first-order chi connectivity index (χ1) is 15.3. The zero-order valence-electron chi connectivity index (χ0n) is 19.9. The fourth-order valence-corrected chi connectivity index (χ4v) is 3.80. The molecule has 0 saturated heterocycles. The fourth-order valence-electron chi connectivity index (χ4n) is 3.80. The third-order valence-electron chi connectivity index (χ3n) is 5.96. The van der Waals surface area contributed by atoms with E-state index in [0.717, 1.165) is 40.9 Å². The summed E-state index contributed by atoms with van der Waals surface area (Å²) in [4.78, 5) is 13.2. The van der Waals surface area contributed by atoms with Crippen molar-refractivity contribution in [3.8, 4) is 0 Å². The van der Waals surface area contributed by atoms with Crippen LogP contribution in [0.3, 0.4) is 0 Å². The summed E-state index contributed by atoms with van der Waals surface area (Å²) in [5.41, 5.74) is 10.1. The summed E-state index contributed by atoms with van der Waals surface area (Å²) in [6.07, 6.45) is 4.23. The molecule has 4 N–H and O–H groups in total. The Morgan fingerprint density at radius 1 is 1.22 bits per heavy atom. The molecule has 0 bridgehead atoms. The van der Waals surface area contributed by atoms with Crippen LogP contribution in [-0.4, -0.2) is 17.6 Å². The van der Waals surface area contributed by atoms with Gasteiger partial charge in [-0.1, -0.05) is 55.5 Å². The zero-order valence-corrected chi connectivity index (χ0v) is 19.9. The molecule has 0 amide bonds. The van der Waals surface area contributed by atoms with Crippen LogP contribution in [0.1, 0.15) is 68.2 Å². The number of esters is 1. The molecule has 0 aromatic heterocycles. The van der Waals surface area contributed by atoms with Crippen LogP contribution >= 0.6 is 0 Å². The van der Waals surface area contributed by atoms with E-state index in [9.17, 15) is 9.90 Å². The molecule has 5 nitrogen and oxygen atoms in total. The predicted molar refractivity (Wildman–Crippen MR) is 130 cm³/mol. The highest BCUT2D eigenvalue weighted by atomic mass is 16.5. The minimum atomic E-state index is -0.770. The van der Waals surface area contributed by atoms with Gasteiger partial charge in [0, 0.05) is 18.4 Å². The van der Waals surface area contributed by atoms with E-state index >= 15 is 0 Å². The number of benzene rings is 2. The number of nitrogens with one attached hydrogen (secondary N) is 1. The first-order valence-electron chi connectivity index (χ1n) is 11.4. The Kier molecular flexibility index (Phi) is 9.79. The van der Waals surface area contributed by atoms with Crippen molar-refractivity contribution in [1.82, 2.24) is 5.32 Å². The van der Waals surface area contributed by atoms with Gasteiger partial charge in [0.15, 0.2) is 0 Å². The van der Waals surface area contributed by atoms with Crippen molar-refractivity contribution in [2.75, 3.05) is 6.54 Å². The number of carbonyl (C=O) groups is 1. The molecule has 0 heterocycles. The van der Waals surface area contributed by atoms with Crippen molar-refractivity contribution < 1.29 is 14.6 Å². The van der Waals surface area contributed by atoms with Gasteiger partial charge in [0.25, 0.3) is 0 Å². The van der Waals surface area contributed by atoms with Gasteiger partial charge in [0.05, 0.1) is 12.0 Å². The molecule has 0 aliphatic rings. The fraction of sp³-hybridized carbons (Fsp3) is 0.444. The molecule has 0 aliphatic heterocycles. The number of hydrogen-bond acceptors (Lipinski definition) is 5. The van der Waals surface area contributed by atoms with Crippen LogP contribution in [0, 0.1) is 12.3 Å². The third-order valence-corrected chi connectivity index (χ3v) is 5.96. The smallest absolute Gasteiger partial charge is 0.312 e. The van der Waals surface area contributed by atoms with Gasteiger partial charge < -0.3 is 20.9 Å².